The number of halogens is 1. The lowest BCUT2D eigenvalue weighted by atomic mass is 10.2. The molecular weight excluding hydrogens is 495 g/mol. The maximum absolute atomic E-state index is 5.76. The van der Waals surface area contributed by atoms with Crippen molar-refractivity contribution in [1.82, 2.24) is 10.3 Å². The summed E-state index contributed by atoms with van der Waals surface area (Å²) in [6, 6.07) is 9.63. The van der Waals surface area contributed by atoms with Crippen molar-refractivity contribution >= 4 is 35.6 Å². The molecule has 8 heteroatoms. The maximum Gasteiger partial charge on any atom is 0.213 e. The molecule has 1 heterocycles. The number of ether oxygens (including phenoxy) is 3. The summed E-state index contributed by atoms with van der Waals surface area (Å²) in [6.45, 7) is 6.58. The van der Waals surface area contributed by atoms with E-state index in [9.17, 15) is 0 Å². The summed E-state index contributed by atoms with van der Waals surface area (Å²) in [5, 5.41) is 6.58. The molecule has 0 amide bonds. The van der Waals surface area contributed by atoms with Crippen LogP contribution in [0.25, 0.3) is 0 Å². The molecule has 1 aliphatic carbocycles. The van der Waals surface area contributed by atoms with Gasteiger partial charge in [-0.1, -0.05) is 0 Å². The molecule has 1 aliphatic rings. The van der Waals surface area contributed by atoms with Gasteiger partial charge in [0.15, 0.2) is 17.5 Å². The Bertz CT molecular complexity index is 828. The zero-order valence-corrected chi connectivity index (χ0v) is 20.1. The third-order valence-electron chi connectivity index (χ3n) is 4.45. The molecule has 0 aliphatic heterocycles. The van der Waals surface area contributed by atoms with E-state index in [0.29, 0.717) is 42.4 Å². The topological polar surface area (TPSA) is 77.0 Å². The lowest BCUT2D eigenvalue weighted by Gasteiger charge is -2.14. The van der Waals surface area contributed by atoms with Gasteiger partial charge < -0.3 is 24.8 Å². The molecule has 0 unspecified atom stereocenters. The quantitative estimate of drug-likeness (QED) is 0.270. The Morgan fingerprint density at radius 1 is 1.13 bits per heavy atom. The second-order valence-electron chi connectivity index (χ2n) is 6.88. The molecule has 1 aromatic heterocycles. The lowest BCUT2D eigenvalue weighted by molar-refractivity contribution is 0.288. The van der Waals surface area contributed by atoms with E-state index in [4.69, 9.17) is 14.2 Å². The smallest absolute Gasteiger partial charge is 0.213 e. The van der Waals surface area contributed by atoms with Crippen LogP contribution in [0.2, 0.25) is 0 Å². The van der Waals surface area contributed by atoms with Gasteiger partial charge >= 0.3 is 0 Å². The van der Waals surface area contributed by atoms with Crippen molar-refractivity contribution in [3.63, 3.8) is 0 Å². The minimum Gasteiger partial charge on any atom is -0.493 e. The summed E-state index contributed by atoms with van der Waals surface area (Å²) in [6.07, 6.45) is 4.29. The minimum atomic E-state index is 0. The number of hydrogen-bond acceptors (Lipinski definition) is 5. The highest BCUT2D eigenvalue weighted by Crippen LogP contribution is 2.30. The first kappa shape index (κ1) is 24.0. The van der Waals surface area contributed by atoms with Crippen LogP contribution in [0.15, 0.2) is 41.5 Å². The van der Waals surface area contributed by atoms with Crippen LogP contribution in [-0.4, -0.2) is 37.8 Å². The number of methoxy groups -OCH3 is 1. The van der Waals surface area contributed by atoms with E-state index in [1.807, 2.05) is 44.2 Å². The Hall–Kier alpha value is -2.23. The van der Waals surface area contributed by atoms with Gasteiger partial charge in [-0.05, 0) is 56.4 Å². The molecule has 1 saturated carbocycles. The Kier molecular flexibility index (Phi) is 9.99. The molecule has 1 fully saturated rings. The summed E-state index contributed by atoms with van der Waals surface area (Å²) in [7, 11) is 1.63. The number of aliphatic imine (C=N–C) groups is 1. The second kappa shape index (κ2) is 12.5. The predicted octanol–water partition coefficient (Wildman–Crippen LogP) is 4.47. The SMILES string of the molecule is CCNC(=NCc1ccnc(OCC2CC2)c1)Nc1ccc(OC)c(OCC)c1.I. The molecule has 1 aromatic carbocycles. The van der Waals surface area contributed by atoms with E-state index < -0.39 is 0 Å². The number of rotatable bonds is 10. The van der Waals surface area contributed by atoms with E-state index in [1.165, 1.54) is 12.8 Å². The highest BCUT2D eigenvalue weighted by Gasteiger charge is 2.22. The molecule has 0 radical (unpaired) electrons. The molecule has 7 nitrogen and oxygen atoms in total. The minimum absolute atomic E-state index is 0. The molecule has 0 saturated heterocycles. The van der Waals surface area contributed by atoms with Crippen LogP contribution in [0, 0.1) is 5.92 Å². The van der Waals surface area contributed by atoms with E-state index in [2.05, 4.69) is 20.6 Å². The van der Waals surface area contributed by atoms with Crippen molar-refractivity contribution in [3.05, 3.63) is 42.1 Å². The van der Waals surface area contributed by atoms with Gasteiger partial charge in [0.2, 0.25) is 5.88 Å². The van der Waals surface area contributed by atoms with Crippen molar-refractivity contribution in [3.8, 4) is 17.4 Å². The summed E-state index contributed by atoms with van der Waals surface area (Å²) in [5.74, 6) is 3.46. The third kappa shape index (κ3) is 7.55. The largest absolute Gasteiger partial charge is 0.493 e. The number of anilines is 1. The summed E-state index contributed by atoms with van der Waals surface area (Å²) in [5.41, 5.74) is 1.92. The van der Waals surface area contributed by atoms with Gasteiger partial charge in [-0.2, -0.15) is 0 Å². The van der Waals surface area contributed by atoms with Crippen LogP contribution in [0.5, 0.6) is 17.4 Å². The fraction of sp³-hybridized carbons (Fsp3) is 0.455. The number of benzene rings is 1. The van der Waals surface area contributed by atoms with Crippen LogP contribution >= 0.6 is 24.0 Å². The highest BCUT2D eigenvalue weighted by atomic mass is 127. The fourth-order valence-electron chi connectivity index (χ4n) is 2.75. The number of nitrogens with one attached hydrogen (secondary N) is 2. The van der Waals surface area contributed by atoms with Gasteiger partial charge in [0.25, 0.3) is 0 Å². The van der Waals surface area contributed by atoms with Crippen LogP contribution in [0.3, 0.4) is 0 Å². The van der Waals surface area contributed by atoms with Crippen molar-refractivity contribution < 1.29 is 14.2 Å². The summed E-state index contributed by atoms with van der Waals surface area (Å²) >= 11 is 0. The number of guanidine groups is 1. The average Bonchev–Trinajstić information content (AvgIpc) is 3.56. The van der Waals surface area contributed by atoms with Crippen LogP contribution < -0.4 is 24.8 Å². The molecule has 2 aromatic rings. The molecule has 0 spiro atoms. The van der Waals surface area contributed by atoms with Crippen LogP contribution in [-0.2, 0) is 6.54 Å². The van der Waals surface area contributed by atoms with Crippen LogP contribution in [0.1, 0.15) is 32.3 Å². The van der Waals surface area contributed by atoms with Gasteiger partial charge in [-0.3, -0.25) is 0 Å². The van der Waals surface area contributed by atoms with E-state index in [1.54, 1.807) is 13.3 Å². The number of aromatic nitrogens is 1. The van der Waals surface area contributed by atoms with Crippen LogP contribution in [0.4, 0.5) is 5.69 Å². The molecule has 0 atom stereocenters. The highest BCUT2D eigenvalue weighted by molar-refractivity contribution is 14.0. The van der Waals surface area contributed by atoms with Gasteiger partial charge in [0.05, 0.1) is 26.9 Å². The maximum atomic E-state index is 5.76. The normalized spacial score (nSPS) is 13.2. The molecule has 0 bridgehead atoms. The summed E-state index contributed by atoms with van der Waals surface area (Å²) < 4.78 is 16.8. The Morgan fingerprint density at radius 3 is 2.67 bits per heavy atom. The molecule has 2 N–H and O–H groups in total. The molecule has 30 heavy (non-hydrogen) atoms. The Morgan fingerprint density at radius 2 is 1.97 bits per heavy atom. The van der Waals surface area contributed by atoms with E-state index >= 15 is 0 Å². The lowest BCUT2D eigenvalue weighted by Crippen LogP contribution is -2.30. The fourth-order valence-corrected chi connectivity index (χ4v) is 2.75. The average molecular weight is 526 g/mol. The number of hydrogen-bond donors (Lipinski definition) is 2. The molecule has 164 valence electrons. The first-order valence-corrected chi connectivity index (χ1v) is 10.2. The number of nitrogens with zero attached hydrogens (tertiary/aromatic N) is 2. The third-order valence-corrected chi connectivity index (χ3v) is 4.45. The van der Waals surface area contributed by atoms with Crippen molar-refractivity contribution in [2.24, 2.45) is 10.9 Å². The number of pyridine rings is 1. The van der Waals surface area contributed by atoms with Crippen molar-refractivity contribution in [2.45, 2.75) is 33.2 Å². The van der Waals surface area contributed by atoms with Gasteiger partial charge in [0, 0.05) is 30.6 Å². The Labute approximate surface area is 195 Å². The first-order chi connectivity index (χ1) is 14.2. The Balaban J connectivity index is 0.00000320. The van der Waals surface area contributed by atoms with Gasteiger partial charge in [0.1, 0.15) is 0 Å². The standard InChI is InChI=1S/C22H30N4O3.HI/c1-4-23-22(26-18-8-9-19(27-3)20(13-18)28-5-2)25-14-17-10-11-24-21(12-17)29-15-16-6-7-16;/h8-13,16H,4-7,14-15H2,1-3H3,(H2,23,25,26);1H. The van der Waals surface area contributed by atoms with Gasteiger partial charge in [-0.25, -0.2) is 9.98 Å². The predicted molar refractivity (Wildman–Crippen MR) is 130 cm³/mol. The van der Waals surface area contributed by atoms with E-state index in [-0.39, 0.29) is 24.0 Å². The van der Waals surface area contributed by atoms with E-state index in [0.717, 1.165) is 24.4 Å². The van der Waals surface area contributed by atoms with Gasteiger partial charge in [-0.15, -0.1) is 24.0 Å². The molecule has 3 rings (SSSR count). The zero-order valence-electron chi connectivity index (χ0n) is 17.8. The molecular formula is C22H31IN4O3. The van der Waals surface area contributed by atoms with Crippen molar-refractivity contribution in [2.75, 3.05) is 32.2 Å². The first-order valence-electron chi connectivity index (χ1n) is 10.2. The summed E-state index contributed by atoms with van der Waals surface area (Å²) in [4.78, 5) is 8.97. The second-order valence-corrected chi connectivity index (χ2v) is 6.88. The van der Waals surface area contributed by atoms with Crippen molar-refractivity contribution in [1.29, 1.82) is 0 Å². The monoisotopic (exact) mass is 526 g/mol. The zero-order chi connectivity index (χ0) is 20.5.